The first-order valence-electron chi connectivity index (χ1n) is 6.34. The minimum Gasteiger partial charge on any atom is -0.478 e. The van der Waals surface area contributed by atoms with Gasteiger partial charge in [0.2, 0.25) is 0 Å². The largest absolute Gasteiger partial charge is 0.478 e. The normalized spacial score (nSPS) is 11.3. The molecule has 1 amide bonds. The van der Waals surface area contributed by atoms with Gasteiger partial charge in [0.05, 0.1) is 0 Å². The highest BCUT2D eigenvalue weighted by molar-refractivity contribution is 5.78. The fourth-order valence-corrected chi connectivity index (χ4v) is 1.65. The van der Waals surface area contributed by atoms with Crippen LogP contribution in [0.2, 0.25) is 0 Å². The monoisotopic (exact) mass is 286 g/mol. The van der Waals surface area contributed by atoms with Crippen molar-refractivity contribution in [3.63, 3.8) is 0 Å². The summed E-state index contributed by atoms with van der Waals surface area (Å²) in [5.41, 5.74) is 5.35. The molecule has 0 saturated carbocycles. The number of carbonyl (C=O) groups excluding carboxylic acids is 1. The number of hydrogen-bond donors (Lipinski definition) is 2. The van der Waals surface area contributed by atoms with E-state index in [4.69, 9.17) is 10.5 Å². The number of benzene rings is 1. The van der Waals surface area contributed by atoms with E-state index in [0.29, 0.717) is 18.5 Å². The molecule has 0 spiro atoms. The first-order chi connectivity index (χ1) is 9.23. The SMILES string of the molecule is CC(C)(C)NC(=O)COc1c(F)cc(CCN)cc1F. The summed E-state index contributed by atoms with van der Waals surface area (Å²) >= 11 is 0. The first-order valence-corrected chi connectivity index (χ1v) is 6.34. The van der Waals surface area contributed by atoms with Gasteiger partial charge in [0.15, 0.2) is 24.0 Å². The molecule has 1 aromatic carbocycles. The zero-order chi connectivity index (χ0) is 15.3. The molecule has 0 aliphatic rings. The van der Waals surface area contributed by atoms with E-state index in [2.05, 4.69) is 5.32 Å². The van der Waals surface area contributed by atoms with Gasteiger partial charge in [0, 0.05) is 5.54 Å². The molecule has 0 radical (unpaired) electrons. The molecule has 0 fully saturated rings. The molecule has 1 rings (SSSR count). The summed E-state index contributed by atoms with van der Waals surface area (Å²) in [6.07, 6.45) is 0.374. The van der Waals surface area contributed by atoms with Gasteiger partial charge in [-0.2, -0.15) is 0 Å². The second kappa shape index (κ2) is 6.65. The smallest absolute Gasteiger partial charge is 0.258 e. The van der Waals surface area contributed by atoms with Crippen LogP contribution in [0, 0.1) is 11.6 Å². The molecule has 0 heterocycles. The molecule has 0 aliphatic heterocycles. The molecule has 112 valence electrons. The van der Waals surface area contributed by atoms with Crippen molar-refractivity contribution in [2.24, 2.45) is 5.73 Å². The highest BCUT2D eigenvalue weighted by Crippen LogP contribution is 2.23. The third kappa shape index (κ3) is 5.13. The second-order valence-electron chi connectivity index (χ2n) is 5.51. The molecule has 4 nitrogen and oxygen atoms in total. The van der Waals surface area contributed by atoms with Crippen molar-refractivity contribution in [1.82, 2.24) is 5.32 Å². The van der Waals surface area contributed by atoms with E-state index in [0.717, 1.165) is 12.1 Å². The minimum atomic E-state index is -0.836. The van der Waals surface area contributed by atoms with E-state index in [-0.39, 0.29) is 0 Å². The van der Waals surface area contributed by atoms with Crippen LogP contribution in [0.25, 0.3) is 0 Å². The fourth-order valence-electron chi connectivity index (χ4n) is 1.65. The van der Waals surface area contributed by atoms with Crippen LogP contribution in [0.4, 0.5) is 8.78 Å². The lowest BCUT2D eigenvalue weighted by molar-refractivity contribution is -0.124. The molecular formula is C14H20F2N2O2. The Kier molecular flexibility index (Phi) is 5.44. The molecular weight excluding hydrogens is 266 g/mol. The summed E-state index contributed by atoms with van der Waals surface area (Å²) in [6, 6.07) is 2.32. The second-order valence-corrected chi connectivity index (χ2v) is 5.51. The summed E-state index contributed by atoms with van der Waals surface area (Å²) in [5.74, 6) is -2.66. The van der Waals surface area contributed by atoms with Crippen molar-refractivity contribution in [2.75, 3.05) is 13.2 Å². The Morgan fingerprint density at radius 2 is 1.85 bits per heavy atom. The number of ether oxygens (including phenoxy) is 1. The Morgan fingerprint density at radius 1 is 1.30 bits per heavy atom. The van der Waals surface area contributed by atoms with Gasteiger partial charge in [0.1, 0.15) is 0 Å². The van der Waals surface area contributed by atoms with Crippen LogP contribution in [-0.2, 0) is 11.2 Å². The van der Waals surface area contributed by atoms with Gasteiger partial charge >= 0.3 is 0 Å². The number of amides is 1. The van der Waals surface area contributed by atoms with E-state index in [9.17, 15) is 13.6 Å². The number of nitrogens with one attached hydrogen (secondary N) is 1. The van der Waals surface area contributed by atoms with Gasteiger partial charge < -0.3 is 15.8 Å². The van der Waals surface area contributed by atoms with Gasteiger partial charge in [-0.25, -0.2) is 8.78 Å². The summed E-state index contributed by atoms with van der Waals surface area (Å²) in [6.45, 7) is 5.25. The molecule has 0 aromatic heterocycles. The lowest BCUT2D eigenvalue weighted by Crippen LogP contribution is -2.43. The molecule has 0 unspecified atom stereocenters. The van der Waals surface area contributed by atoms with Gasteiger partial charge in [-0.15, -0.1) is 0 Å². The van der Waals surface area contributed by atoms with E-state index < -0.39 is 35.4 Å². The first kappa shape index (κ1) is 16.4. The zero-order valence-electron chi connectivity index (χ0n) is 11.9. The Labute approximate surface area is 117 Å². The molecule has 1 aromatic rings. The molecule has 20 heavy (non-hydrogen) atoms. The maximum Gasteiger partial charge on any atom is 0.258 e. The molecule has 0 aliphatic carbocycles. The van der Waals surface area contributed by atoms with Crippen LogP contribution in [0.5, 0.6) is 5.75 Å². The van der Waals surface area contributed by atoms with Crippen LogP contribution < -0.4 is 15.8 Å². The van der Waals surface area contributed by atoms with Crippen molar-refractivity contribution in [2.45, 2.75) is 32.7 Å². The topological polar surface area (TPSA) is 64.3 Å². The van der Waals surface area contributed by atoms with Crippen LogP contribution in [0.15, 0.2) is 12.1 Å². The van der Waals surface area contributed by atoms with Crippen LogP contribution in [0.3, 0.4) is 0 Å². The fraction of sp³-hybridized carbons (Fsp3) is 0.500. The van der Waals surface area contributed by atoms with Crippen molar-refractivity contribution < 1.29 is 18.3 Å². The summed E-state index contributed by atoms with van der Waals surface area (Å²) in [7, 11) is 0. The Hall–Kier alpha value is -1.69. The summed E-state index contributed by atoms with van der Waals surface area (Å²) < 4.78 is 32.3. The van der Waals surface area contributed by atoms with Crippen LogP contribution >= 0.6 is 0 Å². The Bertz CT molecular complexity index is 462. The minimum absolute atomic E-state index is 0.299. The Balaban J connectivity index is 2.71. The molecule has 0 atom stereocenters. The van der Waals surface area contributed by atoms with Gasteiger partial charge in [-0.1, -0.05) is 0 Å². The molecule has 6 heteroatoms. The maximum atomic E-state index is 13.7. The van der Waals surface area contributed by atoms with Gasteiger partial charge in [-0.05, 0) is 51.4 Å². The average Bonchev–Trinajstić information content (AvgIpc) is 2.25. The van der Waals surface area contributed by atoms with E-state index in [1.54, 1.807) is 20.8 Å². The number of hydrogen-bond acceptors (Lipinski definition) is 3. The number of nitrogens with two attached hydrogens (primary N) is 1. The predicted molar refractivity (Wildman–Crippen MR) is 72.5 cm³/mol. The lowest BCUT2D eigenvalue weighted by Gasteiger charge is -2.20. The number of halogens is 2. The average molecular weight is 286 g/mol. The van der Waals surface area contributed by atoms with Crippen molar-refractivity contribution >= 4 is 5.91 Å². The Morgan fingerprint density at radius 3 is 2.30 bits per heavy atom. The molecule has 0 bridgehead atoms. The standard InChI is InChI=1S/C14H20F2N2O2/c1-14(2,3)18-12(19)8-20-13-10(15)6-9(4-5-17)7-11(13)16/h6-7H,4-5,8,17H2,1-3H3,(H,18,19). The van der Waals surface area contributed by atoms with Gasteiger partial charge in [0.25, 0.3) is 5.91 Å². The van der Waals surface area contributed by atoms with Gasteiger partial charge in [-0.3, -0.25) is 4.79 Å². The van der Waals surface area contributed by atoms with Crippen molar-refractivity contribution in [3.8, 4) is 5.75 Å². The van der Waals surface area contributed by atoms with E-state index in [1.807, 2.05) is 0 Å². The van der Waals surface area contributed by atoms with Crippen LogP contribution in [0.1, 0.15) is 26.3 Å². The van der Waals surface area contributed by atoms with Crippen LogP contribution in [-0.4, -0.2) is 24.6 Å². The van der Waals surface area contributed by atoms with Crippen molar-refractivity contribution in [3.05, 3.63) is 29.3 Å². The quantitative estimate of drug-likeness (QED) is 0.867. The van der Waals surface area contributed by atoms with E-state index in [1.165, 1.54) is 0 Å². The van der Waals surface area contributed by atoms with Crippen molar-refractivity contribution in [1.29, 1.82) is 0 Å². The molecule has 0 saturated heterocycles. The highest BCUT2D eigenvalue weighted by Gasteiger charge is 2.17. The number of carbonyl (C=O) groups is 1. The predicted octanol–water partition coefficient (Wildman–Crippen LogP) is 1.76. The molecule has 3 N–H and O–H groups in total. The summed E-state index contributed by atoms with van der Waals surface area (Å²) in [5, 5.41) is 2.63. The lowest BCUT2D eigenvalue weighted by atomic mass is 10.1. The maximum absolute atomic E-state index is 13.7. The van der Waals surface area contributed by atoms with E-state index >= 15 is 0 Å². The number of rotatable bonds is 5. The third-order valence-electron chi connectivity index (χ3n) is 2.35. The zero-order valence-corrected chi connectivity index (χ0v) is 11.9. The summed E-state index contributed by atoms with van der Waals surface area (Å²) in [4.78, 5) is 11.5. The highest BCUT2D eigenvalue weighted by atomic mass is 19.1. The third-order valence-corrected chi connectivity index (χ3v) is 2.35.